The van der Waals surface area contributed by atoms with Crippen LogP contribution in [0.25, 0.3) is 11.8 Å². The minimum atomic E-state index is -0.0192. The number of hydrogen-bond donors (Lipinski definition) is 0. The van der Waals surface area contributed by atoms with Crippen LogP contribution < -0.4 is 4.74 Å². The Hall–Kier alpha value is -4.38. The van der Waals surface area contributed by atoms with Crippen LogP contribution in [0.15, 0.2) is 65.7 Å². The molecule has 188 valence electrons. The Kier molecular flexibility index (Phi) is 7.04. The number of nitriles is 1. The van der Waals surface area contributed by atoms with Crippen molar-refractivity contribution in [3.05, 3.63) is 82.9 Å². The van der Waals surface area contributed by atoms with Crippen molar-refractivity contribution >= 4 is 17.7 Å². The van der Waals surface area contributed by atoms with Crippen LogP contribution in [0.2, 0.25) is 0 Å². The van der Waals surface area contributed by atoms with Crippen LogP contribution in [0.5, 0.6) is 5.75 Å². The summed E-state index contributed by atoms with van der Waals surface area (Å²) in [5.74, 6) is 1.57. The summed E-state index contributed by atoms with van der Waals surface area (Å²) in [5.41, 5.74) is 4.89. The second-order valence-corrected chi connectivity index (χ2v) is 9.30. The maximum absolute atomic E-state index is 12.9. The van der Waals surface area contributed by atoms with E-state index in [1.165, 1.54) is 0 Å². The van der Waals surface area contributed by atoms with Gasteiger partial charge in [-0.2, -0.15) is 5.26 Å². The molecule has 1 aromatic heterocycles. The lowest BCUT2D eigenvalue weighted by atomic mass is 9.95. The van der Waals surface area contributed by atoms with E-state index in [0.29, 0.717) is 30.6 Å². The molecule has 37 heavy (non-hydrogen) atoms. The first-order chi connectivity index (χ1) is 18.1. The second kappa shape index (κ2) is 10.7. The lowest BCUT2D eigenvalue weighted by Crippen LogP contribution is -2.49. The summed E-state index contributed by atoms with van der Waals surface area (Å²) in [6, 6.07) is 15.2. The standard InChI is InChI=1S/C29H29N5O3/c1-20-17-33(19-31-20)26-11-9-21(15-28(26)36-2)14-22-7-5-13-34-24(18-37-32-29(22)34)10-12-27(35)25-8-4-3-6-23(25)16-30/h3-4,6,8-9,11,14-15,17,19,24H,5,7,10,12-13,18H2,1-2H3/b22-14+/t24-/m0/s1. The number of carbonyl (C=O) groups excluding carboxylic acids is 1. The number of carbonyl (C=O) groups is 1. The summed E-state index contributed by atoms with van der Waals surface area (Å²) in [7, 11) is 1.67. The number of benzene rings is 2. The Balaban J connectivity index is 1.32. The third-order valence-electron chi connectivity index (χ3n) is 6.85. The second-order valence-electron chi connectivity index (χ2n) is 9.30. The highest BCUT2D eigenvalue weighted by atomic mass is 16.6. The average Bonchev–Trinajstić information content (AvgIpc) is 3.37. The van der Waals surface area contributed by atoms with Crippen molar-refractivity contribution in [2.75, 3.05) is 20.3 Å². The van der Waals surface area contributed by atoms with Crippen LogP contribution in [0.1, 0.15) is 52.9 Å². The molecule has 8 heteroatoms. The van der Waals surface area contributed by atoms with Crippen molar-refractivity contribution in [2.24, 2.45) is 5.16 Å². The number of rotatable bonds is 7. The fourth-order valence-electron chi connectivity index (χ4n) is 4.97. The number of nitrogens with zero attached hydrogens (tertiary/aromatic N) is 5. The molecule has 5 rings (SSSR count). The third-order valence-corrected chi connectivity index (χ3v) is 6.85. The smallest absolute Gasteiger partial charge is 0.171 e. The van der Waals surface area contributed by atoms with Crippen LogP contribution in [0.3, 0.4) is 0 Å². The van der Waals surface area contributed by atoms with E-state index in [9.17, 15) is 10.1 Å². The molecule has 8 nitrogen and oxygen atoms in total. The number of hydrogen-bond acceptors (Lipinski definition) is 7. The van der Waals surface area contributed by atoms with Crippen LogP contribution in [0.4, 0.5) is 0 Å². The van der Waals surface area contributed by atoms with E-state index in [4.69, 9.17) is 9.57 Å². The largest absolute Gasteiger partial charge is 0.495 e. The number of methoxy groups -OCH3 is 1. The van der Waals surface area contributed by atoms with Gasteiger partial charge in [-0.3, -0.25) is 4.79 Å². The van der Waals surface area contributed by atoms with E-state index in [1.54, 1.807) is 37.7 Å². The monoisotopic (exact) mass is 495 g/mol. The van der Waals surface area contributed by atoms with Crippen LogP contribution in [0, 0.1) is 18.3 Å². The van der Waals surface area contributed by atoms with Gasteiger partial charge in [-0.15, -0.1) is 0 Å². The van der Waals surface area contributed by atoms with Gasteiger partial charge in [0.25, 0.3) is 0 Å². The van der Waals surface area contributed by atoms with Gasteiger partial charge >= 0.3 is 0 Å². The van der Waals surface area contributed by atoms with Gasteiger partial charge in [-0.1, -0.05) is 29.4 Å². The topological polar surface area (TPSA) is 92.7 Å². The van der Waals surface area contributed by atoms with E-state index < -0.39 is 0 Å². The van der Waals surface area contributed by atoms with Gasteiger partial charge in [-0.05, 0) is 61.6 Å². The van der Waals surface area contributed by atoms with Gasteiger partial charge in [0.15, 0.2) is 11.6 Å². The Morgan fingerprint density at radius 1 is 1.30 bits per heavy atom. The summed E-state index contributed by atoms with van der Waals surface area (Å²) in [5, 5.41) is 13.7. The molecule has 0 N–H and O–H groups in total. The van der Waals surface area contributed by atoms with Crippen LogP contribution in [-0.4, -0.2) is 52.4 Å². The lowest BCUT2D eigenvalue weighted by Gasteiger charge is -2.40. The highest BCUT2D eigenvalue weighted by molar-refractivity contribution is 6.03. The van der Waals surface area contributed by atoms with E-state index in [-0.39, 0.29) is 11.8 Å². The molecular weight excluding hydrogens is 466 g/mol. The van der Waals surface area contributed by atoms with Crippen molar-refractivity contribution in [1.82, 2.24) is 14.5 Å². The van der Waals surface area contributed by atoms with Gasteiger partial charge in [0.2, 0.25) is 0 Å². The summed E-state index contributed by atoms with van der Waals surface area (Å²) in [6.45, 7) is 3.27. The molecule has 0 amide bonds. The first-order valence-electron chi connectivity index (χ1n) is 12.5. The van der Waals surface area contributed by atoms with Gasteiger partial charge < -0.3 is 19.0 Å². The van der Waals surface area contributed by atoms with Crippen molar-refractivity contribution in [1.29, 1.82) is 5.26 Å². The fourth-order valence-corrected chi connectivity index (χ4v) is 4.97. The van der Waals surface area contributed by atoms with Gasteiger partial charge in [-0.25, -0.2) is 4.98 Å². The molecule has 2 aliphatic rings. The molecule has 3 aromatic rings. The summed E-state index contributed by atoms with van der Waals surface area (Å²) in [4.78, 5) is 25.1. The first-order valence-corrected chi connectivity index (χ1v) is 12.5. The molecule has 0 bridgehead atoms. The fraction of sp³-hybridized carbons (Fsp3) is 0.310. The summed E-state index contributed by atoms with van der Waals surface area (Å²) >= 11 is 0. The molecule has 0 saturated carbocycles. The number of fused-ring (bicyclic) bond motifs is 1. The average molecular weight is 496 g/mol. The molecule has 2 aromatic carbocycles. The van der Waals surface area contributed by atoms with Crippen molar-refractivity contribution in [3.8, 4) is 17.5 Å². The summed E-state index contributed by atoms with van der Waals surface area (Å²) < 4.78 is 7.63. The Labute approximate surface area is 216 Å². The highest BCUT2D eigenvalue weighted by Crippen LogP contribution is 2.30. The summed E-state index contributed by atoms with van der Waals surface area (Å²) in [6.07, 6.45) is 8.76. The van der Waals surface area contributed by atoms with E-state index in [2.05, 4.69) is 33.3 Å². The van der Waals surface area contributed by atoms with Crippen molar-refractivity contribution < 1.29 is 14.4 Å². The first kappa shape index (κ1) is 24.3. The molecule has 2 aliphatic heterocycles. The van der Waals surface area contributed by atoms with Gasteiger partial charge in [0.1, 0.15) is 12.4 Å². The lowest BCUT2D eigenvalue weighted by molar-refractivity contribution is 0.0528. The number of ether oxygens (including phenoxy) is 1. The third kappa shape index (κ3) is 5.12. The minimum absolute atomic E-state index is 0.0192. The molecule has 0 unspecified atom stereocenters. The van der Waals surface area contributed by atoms with Gasteiger partial charge in [0.05, 0.1) is 42.5 Å². The van der Waals surface area contributed by atoms with Crippen molar-refractivity contribution in [2.45, 2.75) is 38.6 Å². The number of aryl methyl sites for hydroxylation is 1. The molecule has 1 saturated heterocycles. The van der Waals surface area contributed by atoms with E-state index >= 15 is 0 Å². The molecule has 3 heterocycles. The maximum Gasteiger partial charge on any atom is 0.171 e. The number of imidazole rings is 1. The molecule has 0 radical (unpaired) electrons. The zero-order valence-corrected chi connectivity index (χ0v) is 21.1. The maximum atomic E-state index is 12.9. The normalized spacial score (nSPS) is 18.0. The van der Waals surface area contributed by atoms with Gasteiger partial charge in [0, 0.05) is 24.7 Å². The van der Waals surface area contributed by atoms with E-state index in [1.807, 2.05) is 29.8 Å². The number of aromatic nitrogens is 2. The SMILES string of the molecule is COc1cc(/C=C2\CCCN3C2=NOC[C@@H]3CCC(=O)c2ccccc2C#N)ccc1-n1cnc(C)c1. The van der Waals surface area contributed by atoms with E-state index in [0.717, 1.165) is 53.5 Å². The Morgan fingerprint density at radius 3 is 2.95 bits per heavy atom. The van der Waals surface area contributed by atoms with Crippen LogP contribution in [-0.2, 0) is 4.84 Å². The molecule has 0 spiro atoms. The molecular formula is C29H29N5O3. The number of piperidine rings is 1. The predicted octanol–water partition coefficient (Wildman–Crippen LogP) is 4.92. The Morgan fingerprint density at radius 2 is 2.16 bits per heavy atom. The number of oxime groups is 1. The zero-order chi connectivity index (χ0) is 25.8. The Bertz CT molecular complexity index is 1410. The quantitative estimate of drug-likeness (QED) is 0.432. The zero-order valence-electron chi connectivity index (χ0n) is 21.1. The number of amidine groups is 1. The number of ketones is 1. The predicted molar refractivity (Wildman–Crippen MR) is 141 cm³/mol. The van der Waals surface area contributed by atoms with Crippen molar-refractivity contribution in [3.63, 3.8) is 0 Å². The number of Topliss-reactive ketones (excluding diaryl/α,β-unsaturated/α-hetero) is 1. The molecule has 1 atom stereocenters. The molecule has 1 fully saturated rings. The molecule has 0 aliphatic carbocycles. The van der Waals surface area contributed by atoms with Crippen LogP contribution >= 0.6 is 0 Å². The minimum Gasteiger partial charge on any atom is -0.495 e. The highest BCUT2D eigenvalue weighted by Gasteiger charge is 2.32.